The highest BCUT2D eigenvalue weighted by Crippen LogP contribution is 2.32. The quantitative estimate of drug-likeness (QED) is 0.413. The van der Waals surface area contributed by atoms with Crippen molar-refractivity contribution >= 4 is 55.7 Å². The summed E-state index contributed by atoms with van der Waals surface area (Å²) in [6.45, 7) is 2.13. The van der Waals surface area contributed by atoms with Gasteiger partial charge in [-0.15, -0.1) is 34.4 Å². The number of nitrogens with one attached hydrogen (secondary N) is 1. The van der Waals surface area contributed by atoms with Gasteiger partial charge in [0.1, 0.15) is 10.7 Å². The minimum absolute atomic E-state index is 0.0592. The number of benzene rings is 2. The predicted molar refractivity (Wildman–Crippen MR) is 116 cm³/mol. The van der Waals surface area contributed by atoms with Crippen molar-refractivity contribution in [2.75, 3.05) is 11.1 Å². The molecule has 0 saturated carbocycles. The standard InChI is InChI=1S/C20H17N3OS3/c1-2-25-14-9-7-13(8-10-14)11-18(24)23-20-22-16(12-26-20)19-21-15-5-3-4-6-17(15)27-19/h3-10,12H,2,11H2,1H3,(H,22,23,24). The van der Waals surface area contributed by atoms with Gasteiger partial charge in [-0.05, 0) is 35.6 Å². The van der Waals surface area contributed by atoms with Crippen molar-refractivity contribution in [3.05, 3.63) is 59.5 Å². The van der Waals surface area contributed by atoms with Gasteiger partial charge in [0.15, 0.2) is 5.13 Å². The first kappa shape index (κ1) is 18.2. The fraction of sp³-hybridized carbons (Fsp3) is 0.150. The van der Waals surface area contributed by atoms with E-state index in [1.165, 1.54) is 16.2 Å². The molecule has 0 aliphatic rings. The molecule has 4 nitrogen and oxygen atoms in total. The molecule has 2 heterocycles. The molecule has 0 spiro atoms. The molecule has 27 heavy (non-hydrogen) atoms. The van der Waals surface area contributed by atoms with Crippen molar-refractivity contribution in [3.8, 4) is 10.7 Å². The van der Waals surface area contributed by atoms with Gasteiger partial charge in [-0.1, -0.05) is 31.2 Å². The lowest BCUT2D eigenvalue weighted by atomic mass is 10.1. The lowest BCUT2D eigenvalue weighted by Crippen LogP contribution is -2.14. The molecule has 4 aromatic rings. The zero-order chi connectivity index (χ0) is 18.6. The Labute approximate surface area is 169 Å². The maximum atomic E-state index is 12.3. The molecule has 1 N–H and O–H groups in total. The second kappa shape index (κ2) is 8.21. The Balaban J connectivity index is 1.41. The monoisotopic (exact) mass is 411 g/mol. The van der Waals surface area contributed by atoms with Gasteiger partial charge in [0.2, 0.25) is 5.91 Å². The molecule has 2 aromatic carbocycles. The number of thiazole rings is 2. The Bertz CT molecular complexity index is 1040. The van der Waals surface area contributed by atoms with Gasteiger partial charge in [-0.25, -0.2) is 9.97 Å². The number of carbonyl (C=O) groups is 1. The fourth-order valence-corrected chi connectivity index (χ4v) is 5.00. The van der Waals surface area contributed by atoms with Crippen LogP contribution in [0.15, 0.2) is 58.8 Å². The smallest absolute Gasteiger partial charge is 0.230 e. The molecule has 0 aliphatic carbocycles. The fourth-order valence-electron chi connectivity index (χ4n) is 2.63. The number of carbonyl (C=O) groups excluding carboxylic acids is 1. The largest absolute Gasteiger partial charge is 0.302 e. The van der Waals surface area contributed by atoms with Gasteiger partial charge in [0.05, 0.1) is 16.6 Å². The molecule has 7 heteroatoms. The van der Waals surface area contributed by atoms with Crippen LogP contribution in [-0.2, 0) is 11.2 Å². The summed E-state index contributed by atoms with van der Waals surface area (Å²) in [4.78, 5) is 22.7. The summed E-state index contributed by atoms with van der Waals surface area (Å²) in [6.07, 6.45) is 0.340. The number of rotatable bonds is 6. The molecule has 0 unspecified atom stereocenters. The molecule has 0 saturated heterocycles. The number of para-hydroxylation sites is 1. The van der Waals surface area contributed by atoms with Gasteiger partial charge in [-0.2, -0.15) is 0 Å². The van der Waals surface area contributed by atoms with E-state index in [1.54, 1.807) is 23.1 Å². The average Bonchev–Trinajstić information content (AvgIpc) is 3.30. The van der Waals surface area contributed by atoms with E-state index in [1.807, 2.05) is 35.7 Å². The average molecular weight is 412 g/mol. The van der Waals surface area contributed by atoms with Crippen molar-refractivity contribution < 1.29 is 4.79 Å². The Hall–Kier alpha value is -2.22. The summed E-state index contributed by atoms with van der Waals surface area (Å²) in [5.74, 6) is 0.983. The van der Waals surface area contributed by atoms with Crippen LogP contribution in [0.25, 0.3) is 20.9 Å². The van der Waals surface area contributed by atoms with E-state index < -0.39 is 0 Å². The summed E-state index contributed by atoms with van der Waals surface area (Å²) >= 11 is 4.83. The third kappa shape index (κ3) is 4.37. The van der Waals surface area contributed by atoms with Crippen molar-refractivity contribution in [1.82, 2.24) is 9.97 Å². The minimum atomic E-state index is -0.0592. The first-order chi connectivity index (χ1) is 13.2. The van der Waals surface area contributed by atoms with Crippen LogP contribution < -0.4 is 5.32 Å². The van der Waals surface area contributed by atoms with Gasteiger partial charge in [0, 0.05) is 10.3 Å². The van der Waals surface area contributed by atoms with Crippen molar-refractivity contribution in [1.29, 1.82) is 0 Å². The van der Waals surface area contributed by atoms with Crippen LogP contribution in [0, 0.1) is 0 Å². The maximum absolute atomic E-state index is 12.3. The number of hydrogen-bond acceptors (Lipinski definition) is 6. The van der Waals surface area contributed by atoms with Crippen molar-refractivity contribution in [3.63, 3.8) is 0 Å². The highest BCUT2D eigenvalue weighted by molar-refractivity contribution is 7.99. The molecule has 0 aliphatic heterocycles. The molecule has 0 radical (unpaired) electrons. The highest BCUT2D eigenvalue weighted by atomic mass is 32.2. The summed E-state index contributed by atoms with van der Waals surface area (Å²) in [6, 6.07) is 16.2. The van der Waals surface area contributed by atoms with E-state index in [9.17, 15) is 4.79 Å². The SMILES string of the molecule is CCSc1ccc(CC(=O)Nc2nc(-c3nc4ccccc4s3)cs2)cc1. The summed E-state index contributed by atoms with van der Waals surface area (Å²) < 4.78 is 1.13. The number of thioether (sulfide) groups is 1. The number of anilines is 1. The van der Waals surface area contributed by atoms with Crippen LogP contribution in [0.2, 0.25) is 0 Å². The number of amides is 1. The molecule has 136 valence electrons. The van der Waals surface area contributed by atoms with Crippen LogP contribution in [0.4, 0.5) is 5.13 Å². The molecular formula is C20H17N3OS3. The lowest BCUT2D eigenvalue weighted by Gasteiger charge is -2.03. The first-order valence-corrected chi connectivity index (χ1v) is 11.2. The van der Waals surface area contributed by atoms with Crippen LogP contribution >= 0.6 is 34.4 Å². The van der Waals surface area contributed by atoms with E-state index in [-0.39, 0.29) is 5.91 Å². The second-order valence-corrected chi connectivity index (χ2v) is 9.05. The highest BCUT2D eigenvalue weighted by Gasteiger charge is 2.12. The first-order valence-electron chi connectivity index (χ1n) is 8.54. The van der Waals surface area contributed by atoms with Crippen molar-refractivity contribution in [2.45, 2.75) is 18.2 Å². The number of hydrogen-bond donors (Lipinski definition) is 1. The third-order valence-corrected chi connectivity index (χ3v) is 6.57. The lowest BCUT2D eigenvalue weighted by molar-refractivity contribution is -0.115. The molecule has 2 aromatic heterocycles. The zero-order valence-corrected chi connectivity index (χ0v) is 17.1. The summed E-state index contributed by atoms with van der Waals surface area (Å²) in [5, 5.41) is 6.31. The molecule has 1 amide bonds. The summed E-state index contributed by atoms with van der Waals surface area (Å²) in [7, 11) is 0. The Kier molecular flexibility index (Phi) is 5.52. The van der Waals surface area contributed by atoms with E-state index in [4.69, 9.17) is 0 Å². The molecule has 4 rings (SSSR count). The van der Waals surface area contributed by atoms with Crippen molar-refractivity contribution in [2.24, 2.45) is 0 Å². The zero-order valence-electron chi connectivity index (χ0n) is 14.6. The second-order valence-electron chi connectivity index (χ2n) is 5.83. The van der Waals surface area contributed by atoms with Gasteiger partial charge in [0.25, 0.3) is 0 Å². The molecule has 0 fully saturated rings. The van der Waals surface area contributed by atoms with Gasteiger partial charge in [-0.3, -0.25) is 4.79 Å². The molecule has 0 atom stereocenters. The molecule has 0 bridgehead atoms. The van der Waals surface area contributed by atoms with E-state index >= 15 is 0 Å². The van der Waals surface area contributed by atoms with E-state index in [0.717, 1.165) is 32.2 Å². The van der Waals surface area contributed by atoms with Crippen LogP contribution in [0.1, 0.15) is 12.5 Å². The topological polar surface area (TPSA) is 54.9 Å². The van der Waals surface area contributed by atoms with Crippen LogP contribution in [-0.4, -0.2) is 21.6 Å². The van der Waals surface area contributed by atoms with Crippen LogP contribution in [0.5, 0.6) is 0 Å². The number of fused-ring (bicyclic) bond motifs is 1. The third-order valence-electron chi connectivity index (χ3n) is 3.86. The van der Waals surface area contributed by atoms with E-state index in [0.29, 0.717) is 11.6 Å². The predicted octanol–water partition coefficient (Wildman–Crippen LogP) is 5.71. The molecular weight excluding hydrogens is 394 g/mol. The minimum Gasteiger partial charge on any atom is -0.302 e. The van der Waals surface area contributed by atoms with Gasteiger partial charge < -0.3 is 5.32 Å². The van der Waals surface area contributed by atoms with Crippen LogP contribution in [0.3, 0.4) is 0 Å². The number of nitrogens with zero attached hydrogens (tertiary/aromatic N) is 2. The summed E-state index contributed by atoms with van der Waals surface area (Å²) in [5.41, 5.74) is 2.77. The Morgan fingerprint density at radius 2 is 1.93 bits per heavy atom. The van der Waals surface area contributed by atoms with E-state index in [2.05, 4.69) is 40.4 Å². The maximum Gasteiger partial charge on any atom is 0.230 e. The van der Waals surface area contributed by atoms with Gasteiger partial charge >= 0.3 is 0 Å². The Morgan fingerprint density at radius 1 is 1.11 bits per heavy atom. The number of aromatic nitrogens is 2. The Morgan fingerprint density at radius 3 is 2.70 bits per heavy atom. The normalized spacial score (nSPS) is 11.0.